The van der Waals surface area contributed by atoms with Crippen molar-refractivity contribution in [3.8, 4) is 5.69 Å². The summed E-state index contributed by atoms with van der Waals surface area (Å²) in [6, 6.07) is 12.4. The van der Waals surface area contributed by atoms with Crippen LogP contribution < -0.4 is 0 Å². The highest BCUT2D eigenvalue weighted by Gasteiger charge is 2.13. The Morgan fingerprint density at radius 1 is 1.11 bits per heavy atom. The van der Waals surface area contributed by atoms with Gasteiger partial charge in [0.1, 0.15) is 11.6 Å². The molecular weight excluding hydrogens is 360 g/mol. The van der Waals surface area contributed by atoms with E-state index in [2.05, 4.69) is 5.10 Å². The lowest BCUT2D eigenvalue weighted by Crippen LogP contribution is -2.24. The van der Waals surface area contributed by atoms with E-state index >= 15 is 0 Å². The van der Waals surface area contributed by atoms with Crippen LogP contribution in [0.3, 0.4) is 0 Å². The second-order valence-electron chi connectivity index (χ2n) is 6.59. The summed E-state index contributed by atoms with van der Waals surface area (Å²) in [6.07, 6.45) is 3.16. The Morgan fingerprint density at radius 3 is 2.46 bits per heavy atom. The van der Waals surface area contributed by atoms with Gasteiger partial charge in [-0.3, -0.25) is 4.79 Å². The van der Waals surface area contributed by atoms with E-state index in [1.807, 2.05) is 13.8 Å². The first kappa shape index (κ1) is 19.5. The molecule has 28 heavy (non-hydrogen) atoms. The lowest BCUT2D eigenvalue weighted by Gasteiger charge is -2.15. The first-order valence-electron chi connectivity index (χ1n) is 8.85. The van der Waals surface area contributed by atoms with Gasteiger partial charge in [-0.15, -0.1) is 0 Å². The number of aryl methyl sites for hydroxylation is 1. The van der Waals surface area contributed by atoms with Crippen molar-refractivity contribution >= 4 is 12.0 Å². The molecule has 0 saturated carbocycles. The van der Waals surface area contributed by atoms with Crippen molar-refractivity contribution in [2.45, 2.75) is 20.4 Å². The van der Waals surface area contributed by atoms with E-state index in [1.165, 1.54) is 29.2 Å². The zero-order chi connectivity index (χ0) is 20.3. The molecule has 0 aliphatic heterocycles. The molecule has 1 amide bonds. The van der Waals surface area contributed by atoms with Crippen molar-refractivity contribution in [1.82, 2.24) is 14.7 Å². The largest absolute Gasteiger partial charge is 0.338 e. The lowest BCUT2D eigenvalue weighted by molar-refractivity contribution is -0.125. The number of hydrogen-bond donors (Lipinski definition) is 0. The van der Waals surface area contributed by atoms with E-state index in [-0.39, 0.29) is 24.1 Å². The van der Waals surface area contributed by atoms with Crippen molar-refractivity contribution in [1.29, 1.82) is 0 Å². The molecule has 144 valence electrons. The monoisotopic (exact) mass is 381 g/mol. The molecule has 0 spiro atoms. The van der Waals surface area contributed by atoms with Crippen LogP contribution in [0.1, 0.15) is 22.5 Å². The van der Waals surface area contributed by atoms with Gasteiger partial charge in [-0.25, -0.2) is 13.5 Å². The van der Waals surface area contributed by atoms with Crippen LogP contribution in [0.4, 0.5) is 8.78 Å². The van der Waals surface area contributed by atoms with E-state index in [0.29, 0.717) is 5.56 Å². The van der Waals surface area contributed by atoms with Gasteiger partial charge in [0, 0.05) is 36.5 Å². The molecule has 3 rings (SSSR count). The summed E-state index contributed by atoms with van der Waals surface area (Å²) in [5.41, 5.74) is 3.61. The molecule has 3 aromatic rings. The summed E-state index contributed by atoms with van der Waals surface area (Å²) in [7, 11) is 1.63. The van der Waals surface area contributed by atoms with Gasteiger partial charge < -0.3 is 4.90 Å². The molecule has 0 bridgehead atoms. The maximum absolute atomic E-state index is 13.8. The van der Waals surface area contributed by atoms with Crippen LogP contribution in [0.5, 0.6) is 0 Å². The highest BCUT2D eigenvalue weighted by Crippen LogP contribution is 2.20. The molecule has 0 unspecified atom stereocenters. The van der Waals surface area contributed by atoms with Gasteiger partial charge in [0.2, 0.25) is 5.91 Å². The maximum atomic E-state index is 13.8. The molecule has 0 aliphatic rings. The van der Waals surface area contributed by atoms with Crippen molar-refractivity contribution < 1.29 is 13.6 Å². The standard InChI is InChI=1S/C22H21F2N3O/c1-15-20(16(2)27(25-15)19-10-8-18(23)9-11-19)12-13-22(28)26(3)14-17-6-4-5-7-21(17)24/h4-13H,14H2,1-3H3/b13-12+. The van der Waals surface area contributed by atoms with Crippen LogP contribution >= 0.6 is 0 Å². The summed E-state index contributed by atoms with van der Waals surface area (Å²) in [5.74, 6) is -0.885. The van der Waals surface area contributed by atoms with Gasteiger partial charge in [-0.2, -0.15) is 5.10 Å². The van der Waals surface area contributed by atoms with Gasteiger partial charge >= 0.3 is 0 Å². The second kappa shape index (κ2) is 8.17. The molecule has 1 heterocycles. The van der Waals surface area contributed by atoms with Crippen LogP contribution in [0.25, 0.3) is 11.8 Å². The van der Waals surface area contributed by atoms with Gasteiger partial charge in [-0.1, -0.05) is 18.2 Å². The predicted octanol–water partition coefficient (Wildman–Crippen LogP) is 4.44. The smallest absolute Gasteiger partial charge is 0.246 e. The summed E-state index contributed by atoms with van der Waals surface area (Å²) >= 11 is 0. The van der Waals surface area contributed by atoms with Crippen molar-refractivity contribution in [3.63, 3.8) is 0 Å². The number of amides is 1. The molecule has 0 N–H and O–H groups in total. The third kappa shape index (κ3) is 4.17. The molecule has 2 aromatic carbocycles. The fraction of sp³-hybridized carbons (Fsp3) is 0.182. The number of likely N-dealkylation sites (N-methyl/N-ethyl adjacent to an activating group) is 1. The number of halogens is 2. The zero-order valence-corrected chi connectivity index (χ0v) is 16.0. The Labute approximate surface area is 162 Å². The lowest BCUT2D eigenvalue weighted by atomic mass is 10.1. The van der Waals surface area contributed by atoms with Crippen molar-refractivity contribution in [2.24, 2.45) is 0 Å². The Balaban J connectivity index is 1.77. The van der Waals surface area contributed by atoms with E-state index in [9.17, 15) is 13.6 Å². The molecule has 4 nitrogen and oxygen atoms in total. The summed E-state index contributed by atoms with van der Waals surface area (Å²) in [5, 5.41) is 4.48. The van der Waals surface area contributed by atoms with Gasteiger partial charge in [0.25, 0.3) is 0 Å². The van der Waals surface area contributed by atoms with Crippen molar-refractivity contribution in [3.05, 3.63) is 88.8 Å². The van der Waals surface area contributed by atoms with E-state index in [4.69, 9.17) is 0 Å². The minimum absolute atomic E-state index is 0.183. The third-order valence-electron chi connectivity index (χ3n) is 4.55. The second-order valence-corrected chi connectivity index (χ2v) is 6.59. The molecule has 1 aromatic heterocycles. The molecule has 0 fully saturated rings. The SMILES string of the molecule is Cc1nn(-c2ccc(F)cc2)c(C)c1/C=C/C(=O)N(C)Cc1ccccc1F. The van der Waals surface area contributed by atoms with E-state index in [1.54, 1.807) is 48.1 Å². The Morgan fingerprint density at radius 2 is 1.79 bits per heavy atom. The molecular formula is C22H21F2N3O. The van der Waals surface area contributed by atoms with Crippen LogP contribution in [0.15, 0.2) is 54.6 Å². The highest BCUT2D eigenvalue weighted by atomic mass is 19.1. The summed E-state index contributed by atoms with van der Waals surface area (Å²) < 4.78 is 28.6. The van der Waals surface area contributed by atoms with Gasteiger partial charge in [0.05, 0.1) is 11.4 Å². The van der Waals surface area contributed by atoms with Crippen LogP contribution in [-0.2, 0) is 11.3 Å². The third-order valence-corrected chi connectivity index (χ3v) is 4.55. The minimum atomic E-state index is -0.335. The normalized spacial score (nSPS) is 11.2. The number of carbonyl (C=O) groups is 1. The summed E-state index contributed by atoms with van der Waals surface area (Å²) in [4.78, 5) is 13.9. The topological polar surface area (TPSA) is 38.1 Å². The summed E-state index contributed by atoms with van der Waals surface area (Å²) in [6.45, 7) is 3.92. The first-order chi connectivity index (χ1) is 13.4. The van der Waals surface area contributed by atoms with Crippen LogP contribution in [0.2, 0.25) is 0 Å². The Bertz CT molecular complexity index is 1020. The van der Waals surface area contributed by atoms with E-state index in [0.717, 1.165) is 22.6 Å². The maximum Gasteiger partial charge on any atom is 0.246 e. The predicted molar refractivity (Wildman–Crippen MR) is 105 cm³/mol. The van der Waals surface area contributed by atoms with Crippen LogP contribution in [-0.4, -0.2) is 27.6 Å². The number of hydrogen-bond acceptors (Lipinski definition) is 2. The molecule has 6 heteroatoms. The first-order valence-corrected chi connectivity index (χ1v) is 8.85. The molecule has 0 saturated heterocycles. The quantitative estimate of drug-likeness (QED) is 0.613. The average Bonchev–Trinajstić information content (AvgIpc) is 2.96. The molecule has 0 atom stereocenters. The Kier molecular flexibility index (Phi) is 5.68. The average molecular weight is 381 g/mol. The number of nitrogens with zero attached hydrogens (tertiary/aromatic N) is 3. The minimum Gasteiger partial charge on any atom is -0.338 e. The molecule has 0 aliphatic carbocycles. The number of carbonyl (C=O) groups excluding carboxylic acids is 1. The van der Waals surface area contributed by atoms with Gasteiger partial charge in [0.15, 0.2) is 0 Å². The molecule has 0 radical (unpaired) electrons. The number of aromatic nitrogens is 2. The number of rotatable bonds is 5. The highest BCUT2D eigenvalue weighted by molar-refractivity contribution is 5.91. The van der Waals surface area contributed by atoms with Gasteiger partial charge in [-0.05, 0) is 50.3 Å². The Hall–Kier alpha value is -3.28. The fourth-order valence-electron chi connectivity index (χ4n) is 2.97. The van der Waals surface area contributed by atoms with E-state index < -0.39 is 0 Å². The number of benzene rings is 2. The van der Waals surface area contributed by atoms with Crippen molar-refractivity contribution in [2.75, 3.05) is 7.05 Å². The van der Waals surface area contributed by atoms with Crippen LogP contribution in [0, 0.1) is 25.5 Å². The zero-order valence-electron chi connectivity index (χ0n) is 16.0. The fourth-order valence-corrected chi connectivity index (χ4v) is 2.97.